The molecule has 0 fully saturated rings. The molecule has 5 nitrogen and oxygen atoms in total. The van der Waals surface area contributed by atoms with E-state index in [4.69, 9.17) is 21.3 Å². The molecule has 0 radical (unpaired) electrons. The number of imidazole rings is 1. The lowest BCUT2D eigenvalue weighted by Crippen LogP contribution is -2.36. The number of benzene rings is 2. The molecule has 3 rings (SSSR count). The summed E-state index contributed by atoms with van der Waals surface area (Å²) >= 11 is 6.14. The summed E-state index contributed by atoms with van der Waals surface area (Å²) in [6.45, 7) is 7.81. The van der Waals surface area contributed by atoms with Crippen molar-refractivity contribution < 1.29 is 9.53 Å². The van der Waals surface area contributed by atoms with Crippen molar-refractivity contribution in [2.45, 2.75) is 46.6 Å². The van der Waals surface area contributed by atoms with Gasteiger partial charge in [0, 0.05) is 24.9 Å². The van der Waals surface area contributed by atoms with Crippen LogP contribution in [0.25, 0.3) is 11.0 Å². The molecule has 160 valence electrons. The van der Waals surface area contributed by atoms with E-state index in [1.165, 1.54) is 0 Å². The molecule has 0 spiro atoms. The van der Waals surface area contributed by atoms with Crippen LogP contribution >= 0.6 is 11.6 Å². The van der Waals surface area contributed by atoms with Crippen LogP contribution in [-0.2, 0) is 17.8 Å². The number of hydrogen-bond donors (Lipinski definition) is 1. The highest BCUT2D eigenvalue weighted by molar-refractivity contribution is 6.32. The molecule has 6 heteroatoms. The number of nitrogens with one attached hydrogen (secondary N) is 1. The zero-order valence-corrected chi connectivity index (χ0v) is 18.7. The number of aryl methyl sites for hydroxylation is 1. The lowest BCUT2D eigenvalue weighted by molar-refractivity contribution is -0.128. The van der Waals surface area contributed by atoms with Crippen LogP contribution in [0.4, 0.5) is 0 Å². The smallest absolute Gasteiger partial charge is 0.225 e. The molecule has 0 bridgehead atoms. The normalized spacial score (nSPS) is 11.6. The van der Waals surface area contributed by atoms with Gasteiger partial charge in [-0.2, -0.15) is 0 Å². The van der Waals surface area contributed by atoms with Gasteiger partial charge in [0.25, 0.3) is 0 Å². The highest BCUT2D eigenvalue weighted by Gasteiger charge is 2.20. The van der Waals surface area contributed by atoms with Gasteiger partial charge < -0.3 is 14.6 Å². The zero-order valence-electron chi connectivity index (χ0n) is 18.0. The SMILES string of the molecule is CC(C)(C)C(=O)NCCc1nc2ccccc2n1CCCCOc1ccccc1Cl. The first-order valence-electron chi connectivity index (χ1n) is 10.5. The number of hydrogen-bond acceptors (Lipinski definition) is 3. The van der Waals surface area contributed by atoms with E-state index in [0.29, 0.717) is 24.6 Å². The van der Waals surface area contributed by atoms with E-state index in [9.17, 15) is 4.79 Å². The molecule has 0 unspecified atom stereocenters. The largest absolute Gasteiger partial charge is 0.492 e. The van der Waals surface area contributed by atoms with Crippen LogP contribution in [0.15, 0.2) is 48.5 Å². The van der Waals surface area contributed by atoms with Crippen molar-refractivity contribution in [3.8, 4) is 5.75 Å². The topological polar surface area (TPSA) is 56.2 Å². The van der Waals surface area contributed by atoms with Crippen molar-refractivity contribution in [2.24, 2.45) is 5.41 Å². The Morgan fingerprint density at radius 3 is 2.60 bits per heavy atom. The maximum absolute atomic E-state index is 12.1. The number of amides is 1. The Morgan fingerprint density at radius 1 is 1.10 bits per heavy atom. The van der Waals surface area contributed by atoms with Gasteiger partial charge in [-0.05, 0) is 37.1 Å². The van der Waals surface area contributed by atoms with Crippen LogP contribution in [-0.4, -0.2) is 28.6 Å². The average molecular weight is 428 g/mol. The summed E-state index contributed by atoms with van der Waals surface area (Å²) in [4.78, 5) is 16.9. The molecule has 1 amide bonds. The predicted octanol–water partition coefficient (Wildman–Crippen LogP) is 5.25. The molecule has 3 aromatic rings. The fourth-order valence-corrected chi connectivity index (χ4v) is 3.42. The molecular weight excluding hydrogens is 398 g/mol. The summed E-state index contributed by atoms with van der Waals surface area (Å²) in [7, 11) is 0. The summed E-state index contributed by atoms with van der Waals surface area (Å²) < 4.78 is 8.05. The van der Waals surface area contributed by atoms with Gasteiger partial charge in [0.1, 0.15) is 11.6 Å². The number of halogens is 1. The van der Waals surface area contributed by atoms with Crippen molar-refractivity contribution in [1.29, 1.82) is 0 Å². The Morgan fingerprint density at radius 2 is 1.83 bits per heavy atom. The van der Waals surface area contributed by atoms with E-state index in [2.05, 4.69) is 16.0 Å². The quantitative estimate of drug-likeness (QED) is 0.474. The number of para-hydroxylation sites is 3. The number of fused-ring (bicyclic) bond motifs is 1. The maximum Gasteiger partial charge on any atom is 0.225 e. The molecule has 2 aromatic carbocycles. The van der Waals surface area contributed by atoms with Crippen LogP contribution < -0.4 is 10.1 Å². The third kappa shape index (κ3) is 5.76. The van der Waals surface area contributed by atoms with Crippen LogP contribution in [0.2, 0.25) is 5.02 Å². The summed E-state index contributed by atoms with van der Waals surface area (Å²) in [6, 6.07) is 15.7. The Labute approximate surface area is 183 Å². The molecule has 0 saturated carbocycles. The van der Waals surface area contributed by atoms with Gasteiger partial charge in [0.2, 0.25) is 5.91 Å². The van der Waals surface area contributed by atoms with Crippen LogP contribution in [0.1, 0.15) is 39.4 Å². The van der Waals surface area contributed by atoms with Gasteiger partial charge in [-0.1, -0.05) is 56.6 Å². The van der Waals surface area contributed by atoms with Crippen molar-refractivity contribution in [2.75, 3.05) is 13.2 Å². The number of nitrogens with zero attached hydrogens (tertiary/aromatic N) is 2. The lowest BCUT2D eigenvalue weighted by Gasteiger charge is -2.17. The second-order valence-corrected chi connectivity index (χ2v) is 8.82. The van der Waals surface area contributed by atoms with E-state index in [-0.39, 0.29) is 11.3 Å². The number of unbranched alkanes of at least 4 members (excludes halogenated alkanes) is 1. The van der Waals surface area contributed by atoms with Crippen LogP contribution in [0.5, 0.6) is 5.75 Å². The molecular formula is C24H30ClN3O2. The van der Waals surface area contributed by atoms with Gasteiger partial charge >= 0.3 is 0 Å². The van der Waals surface area contributed by atoms with Gasteiger partial charge in [-0.25, -0.2) is 4.98 Å². The molecule has 0 atom stereocenters. The fraction of sp³-hybridized carbons (Fsp3) is 0.417. The minimum absolute atomic E-state index is 0.0573. The van der Waals surface area contributed by atoms with Gasteiger partial charge in [0.05, 0.1) is 22.7 Å². The highest BCUT2D eigenvalue weighted by atomic mass is 35.5. The molecule has 0 aliphatic carbocycles. The number of carbonyl (C=O) groups excluding carboxylic acids is 1. The molecule has 1 aromatic heterocycles. The lowest BCUT2D eigenvalue weighted by atomic mass is 9.96. The number of rotatable bonds is 9. The summed E-state index contributed by atoms with van der Waals surface area (Å²) in [5.74, 6) is 1.78. The van der Waals surface area contributed by atoms with E-state index >= 15 is 0 Å². The van der Waals surface area contributed by atoms with Crippen molar-refractivity contribution >= 4 is 28.5 Å². The van der Waals surface area contributed by atoms with Gasteiger partial charge in [-0.15, -0.1) is 0 Å². The number of ether oxygens (including phenoxy) is 1. The standard InChI is InChI=1S/C24H30ClN3O2/c1-24(2,3)23(29)26-15-14-22-27-19-11-5-6-12-20(19)28(22)16-8-9-17-30-21-13-7-4-10-18(21)25/h4-7,10-13H,8-9,14-17H2,1-3H3,(H,26,29). The van der Waals surface area contributed by atoms with E-state index in [0.717, 1.165) is 42.0 Å². The molecule has 1 heterocycles. The van der Waals surface area contributed by atoms with Gasteiger partial charge in [-0.3, -0.25) is 4.79 Å². The third-order valence-corrected chi connectivity index (χ3v) is 5.23. The Bertz CT molecular complexity index is 992. The molecule has 0 saturated heterocycles. The van der Waals surface area contributed by atoms with E-state index < -0.39 is 0 Å². The third-order valence-electron chi connectivity index (χ3n) is 4.92. The highest BCUT2D eigenvalue weighted by Crippen LogP contribution is 2.23. The van der Waals surface area contributed by atoms with Crippen molar-refractivity contribution in [1.82, 2.24) is 14.9 Å². The first-order valence-corrected chi connectivity index (χ1v) is 10.8. The molecule has 1 N–H and O–H groups in total. The van der Waals surface area contributed by atoms with Crippen LogP contribution in [0, 0.1) is 5.41 Å². The molecule has 0 aliphatic rings. The second kappa shape index (κ2) is 9.98. The second-order valence-electron chi connectivity index (χ2n) is 8.41. The minimum atomic E-state index is -0.387. The molecule has 30 heavy (non-hydrogen) atoms. The van der Waals surface area contributed by atoms with Gasteiger partial charge in [0.15, 0.2) is 0 Å². The Hall–Kier alpha value is -2.53. The first kappa shape index (κ1) is 22.2. The first-order chi connectivity index (χ1) is 14.4. The average Bonchev–Trinajstić information content (AvgIpc) is 3.06. The minimum Gasteiger partial charge on any atom is -0.492 e. The van der Waals surface area contributed by atoms with Crippen molar-refractivity contribution in [3.05, 3.63) is 59.4 Å². The fourth-order valence-electron chi connectivity index (χ4n) is 3.23. The predicted molar refractivity (Wildman–Crippen MR) is 122 cm³/mol. The van der Waals surface area contributed by atoms with E-state index in [1.54, 1.807) is 0 Å². The summed E-state index contributed by atoms with van der Waals surface area (Å²) in [6.07, 6.45) is 2.58. The summed E-state index contributed by atoms with van der Waals surface area (Å²) in [5.41, 5.74) is 1.73. The van der Waals surface area contributed by atoms with Crippen LogP contribution in [0.3, 0.4) is 0 Å². The number of aromatic nitrogens is 2. The van der Waals surface area contributed by atoms with E-state index in [1.807, 2.05) is 63.2 Å². The zero-order chi connectivity index (χ0) is 21.6. The summed E-state index contributed by atoms with van der Waals surface area (Å²) in [5, 5.41) is 3.65. The Kier molecular flexibility index (Phi) is 7.38. The Balaban J connectivity index is 1.57. The molecule has 0 aliphatic heterocycles. The monoisotopic (exact) mass is 427 g/mol. The van der Waals surface area contributed by atoms with Crippen molar-refractivity contribution in [3.63, 3.8) is 0 Å². The number of carbonyl (C=O) groups is 1. The maximum atomic E-state index is 12.1.